The molecule has 6 heteroatoms. The van der Waals surface area contributed by atoms with Gasteiger partial charge in [-0.05, 0) is 55.7 Å². The Morgan fingerprint density at radius 3 is 2.85 bits per heavy atom. The number of methoxy groups -OCH3 is 1. The molecule has 0 spiro atoms. The Morgan fingerprint density at radius 1 is 1.30 bits per heavy atom. The van der Waals surface area contributed by atoms with Gasteiger partial charge in [0.25, 0.3) is 0 Å². The zero-order valence-corrected chi connectivity index (χ0v) is 17.3. The lowest BCUT2D eigenvalue weighted by molar-refractivity contribution is 0.0903. The van der Waals surface area contributed by atoms with Crippen LogP contribution >= 0.6 is 23.8 Å². The van der Waals surface area contributed by atoms with Crippen molar-refractivity contribution in [3.8, 4) is 5.75 Å². The number of rotatable bonds is 6. The van der Waals surface area contributed by atoms with Crippen molar-refractivity contribution in [1.82, 2.24) is 4.90 Å². The summed E-state index contributed by atoms with van der Waals surface area (Å²) in [4.78, 5) is 2.14. The number of para-hydroxylation sites is 1. The lowest BCUT2D eigenvalue weighted by Crippen LogP contribution is -2.39. The third kappa shape index (κ3) is 5.12. The lowest BCUT2D eigenvalue weighted by atomic mass is 10.1. The summed E-state index contributed by atoms with van der Waals surface area (Å²) in [6.45, 7) is 4.19. The molecule has 1 aliphatic rings. The molecule has 1 aliphatic heterocycles. The second-order valence-electron chi connectivity index (χ2n) is 6.67. The number of nitrogens with zero attached hydrogens (tertiary/aromatic N) is 1. The van der Waals surface area contributed by atoms with Crippen molar-refractivity contribution in [3.63, 3.8) is 0 Å². The molecule has 0 aliphatic carbocycles. The van der Waals surface area contributed by atoms with Crippen molar-refractivity contribution in [2.75, 3.05) is 25.6 Å². The summed E-state index contributed by atoms with van der Waals surface area (Å²) in [7, 11) is 1.69. The summed E-state index contributed by atoms with van der Waals surface area (Å²) in [5.41, 5.74) is 2.99. The van der Waals surface area contributed by atoms with Crippen molar-refractivity contribution < 1.29 is 9.47 Å². The number of anilines is 1. The van der Waals surface area contributed by atoms with Gasteiger partial charge in [0.05, 0.1) is 13.2 Å². The fourth-order valence-electron chi connectivity index (χ4n) is 3.23. The average molecular weight is 405 g/mol. The Labute approximate surface area is 171 Å². The molecule has 3 rings (SSSR count). The topological polar surface area (TPSA) is 33.7 Å². The van der Waals surface area contributed by atoms with Gasteiger partial charge in [0.15, 0.2) is 5.11 Å². The Morgan fingerprint density at radius 2 is 2.11 bits per heavy atom. The van der Waals surface area contributed by atoms with Crippen LogP contribution in [0.2, 0.25) is 5.02 Å². The number of ether oxygens (including phenoxy) is 2. The first-order chi connectivity index (χ1) is 13.1. The molecule has 0 aromatic heterocycles. The van der Waals surface area contributed by atoms with Gasteiger partial charge in [-0.25, -0.2) is 0 Å². The molecule has 0 radical (unpaired) electrons. The van der Waals surface area contributed by atoms with E-state index in [1.54, 1.807) is 7.11 Å². The molecule has 0 bridgehead atoms. The van der Waals surface area contributed by atoms with Gasteiger partial charge in [-0.1, -0.05) is 35.9 Å². The lowest BCUT2D eigenvalue weighted by Gasteiger charge is -2.29. The minimum Gasteiger partial charge on any atom is -0.496 e. The summed E-state index contributed by atoms with van der Waals surface area (Å²) in [5, 5.41) is 4.73. The molecule has 1 heterocycles. The van der Waals surface area contributed by atoms with Crippen LogP contribution in [-0.4, -0.2) is 36.4 Å². The number of hydrogen-bond acceptors (Lipinski definition) is 3. The third-order valence-electron chi connectivity index (χ3n) is 4.80. The summed E-state index contributed by atoms with van der Waals surface area (Å²) in [6, 6.07) is 13.8. The summed E-state index contributed by atoms with van der Waals surface area (Å²) < 4.78 is 11.3. The van der Waals surface area contributed by atoms with Crippen LogP contribution in [0.15, 0.2) is 42.5 Å². The van der Waals surface area contributed by atoms with Gasteiger partial charge in [0.2, 0.25) is 0 Å². The van der Waals surface area contributed by atoms with Gasteiger partial charge >= 0.3 is 0 Å². The number of halogens is 1. The van der Waals surface area contributed by atoms with Crippen LogP contribution in [0, 0.1) is 6.92 Å². The van der Waals surface area contributed by atoms with Crippen molar-refractivity contribution in [2.45, 2.75) is 32.4 Å². The molecule has 1 fully saturated rings. The van der Waals surface area contributed by atoms with Gasteiger partial charge in [-0.2, -0.15) is 0 Å². The number of benzene rings is 2. The molecule has 1 unspecified atom stereocenters. The van der Waals surface area contributed by atoms with Crippen LogP contribution in [0.1, 0.15) is 24.0 Å². The first-order valence-corrected chi connectivity index (χ1v) is 9.91. The van der Waals surface area contributed by atoms with E-state index < -0.39 is 0 Å². The zero-order valence-electron chi connectivity index (χ0n) is 15.7. The maximum atomic E-state index is 6.25. The van der Waals surface area contributed by atoms with Crippen LogP contribution in [0.4, 0.5) is 5.69 Å². The molecule has 144 valence electrons. The molecule has 2 aromatic rings. The Balaban J connectivity index is 1.79. The van der Waals surface area contributed by atoms with E-state index in [0.717, 1.165) is 53.6 Å². The Bertz CT molecular complexity index is 794. The quantitative estimate of drug-likeness (QED) is 0.682. The normalized spacial score (nSPS) is 16.2. The number of thiocarbonyl (C=S) groups is 1. The molecule has 0 saturated carbocycles. The van der Waals surface area contributed by atoms with Gasteiger partial charge in [0.1, 0.15) is 5.75 Å². The van der Waals surface area contributed by atoms with Crippen molar-refractivity contribution in [1.29, 1.82) is 0 Å². The zero-order chi connectivity index (χ0) is 19.2. The van der Waals surface area contributed by atoms with E-state index in [1.165, 1.54) is 0 Å². The highest BCUT2D eigenvalue weighted by molar-refractivity contribution is 7.80. The van der Waals surface area contributed by atoms with Crippen LogP contribution in [0.3, 0.4) is 0 Å². The molecular weight excluding hydrogens is 380 g/mol. The molecule has 4 nitrogen and oxygen atoms in total. The third-order valence-corrected chi connectivity index (χ3v) is 5.57. The SMILES string of the molecule is COc1ccccc1CN(CC1CCCO1)C(=S)Nc1cccc(Cl)c1C. The van der Waals surface area contributed by atoms with E-state index in [4.69, 9.17) is 33.3 Å². The van der Waals surface area contributed by atoms with E-state index in [-0.39, 0.29) is 6.10 Å². The fraction of sp³-hybridized carbons (Fsp3) is 0.381. The summed E-state index contributed by atoms with van der Waals surface area (Å²) in [5.74, 6) is 0.858. The van der Waals surface area contributed by atoms with Gasteiger partial charge < -0.3 is 19.7 Å². The van der Waals surface area contributed by atoms with Crippen molar-refractivity contribution in [2.24, 2.45) is 0 Å². The molecular formula is C21H25ClN2O2S. The number of nitrogens with one attached hydrogen (secondary N) is 1. The van der Waals surface area contributed by atoms with Crippen LogP contribution in [0.5, 0.6) is 5.75 Å². The Kier molecular flexibility index (Phi) is 6.94. The maximum absolute atomic E-state index is 6.25. The van der Waals surface area contributed by atoms with E-state index >= 15 is 0 Å². The van der Waals surface area contributed by atoms with E-state index in [1.807, 2.05) is 43.3 Å². The van der Waals surface area contributed by atoms with Crippen molar-refractivity contribution >= 4 is 34.6 Å². The fourth-order valence-corrected chi connectivity index (χ4v) is 3.65. The predicted molar refractivity (Wildman–Crippen MR) is 115 cm³/mol. The first kappa shape index (κ1) is 19.9. The number of hydrogen-bond donors (Lipinski definition) is 1. The minimum atomic E-state index is 0.194. The van der Waals surface area contributed by atoms with Gasteiger partial charge in [-0.15, -0.1) is 0 Å². The highest BCUT2D eigenvalue weighted by atomic mass is 35.5. The molecule has 2 aromatic carbocycles. The van der Waals surface area contributed by atoms with E-state index in [0.29, 0.717) is 11.7 Å². The smallest absolute Gasteiger partial charge is 0.173 e. The average Bonchev–Trinajstić information content (AvgIpc) is 3.18. The van der Waals surface area contributed by atoms with Gasteiger partial charge in [-0.3, -0.25) is 0 Å². The molecule has 27 heavy (non-hydrogen) atoms. The largest absolute Gasteiger partial charge is 0.496 e. The molecule has 1 saturated heterocycles. The monoisotopic (exact) mass is 404 g/mol. The Hall–Kier alpha value is -1.82. The molecule has 0 amide bonds. The summed E-state index contributed by atoms with van der Waals surface area (Å²) in [6.07, 6.45) is 2.35. The van der Waals surface area contributed by atoms with Crippen LogP contribution in [0.25, 0.3) is 0 Å². The second-order valence-corrected chi connectivity index (χ2v) is 7.46. The molecule has 1 N–H and O–H groups in total. The predicted octanol–water partition coefficient (Wildman–Crippen LogP) is 5.04. The first-order valence-electron chi connectivity index (χ1n) is 9.13. The van der Waals surface area contributed by atoms with Gasteiger partial charge in [0, 0.05) is 36.0 Å². The van der Waals surface area contributed by atoms with Crippen LogP contribution in [-0.2, 0) is 11.3 Å². The maximum Gasteiger partial charge on any atom is 0.173 e. The molecule has 1 atom stereocenters. The highest BCUT2D eigenvalue weighted by Gasteiger charge is 2.22. The minimum absolute atomic E-state index is 0.194. The van der Waals surface area contributed by atoms with Crippen LogP contribution < -0.4 is 10.1 Å². The van der Waals surface area contributed by atoms with Crippen molar-refractivity contribution in [3.05, 3.63) is 58.6 Å². The highest BCUT2D eigenvalue weighted by Crippen LogP contribution is 2.25. The van der Waals surface area contributed by atoms with E-state index in [2.05, 4.69) is 16.3 Å². The van der Waals surface area contributed by atoms with E-state index in [9.17, 15) is 0 Å². The second kappa shape index (κ2) is 9.40. The summed E-state index contributed by atoms with van der Waals surface area (Å²) >= 11 is 12.0. The standard InChI is InChI=1S/C21H25ClN2O2S/c1-15-18(22)9-5-10-19(15)23-21(27)24(14-17-8-6-12-26-17)13-16-7-3-4-11-20(16)25-2/h3-5,7,9-11,17H,6,8,12-14H2,1-2H3,(H,23,27).